The minimum Gasteiger partial charge on any atom is -0.330 e. The molecule has 0 radical (unpaired) electrons. The molecule has 3 heteroatoms. The van der Waals surface area contributed by atoms with Gasteiger partial charge in [0.1, 0.15) is 0 Å². The highest BCUT2D eigenvalue weighted by Gasteiger charge is 2.36. The molecule has 2 rings (SSSR count). The first-order valence-corrected chi connectivity index (χ1v) is 5.72. The maximum atomic E-state index is 11.9. The highest BCUT2D eigenvalue weighted by atomic mass is 16.2. The Kier molecular flexibility index (Phi) is 2.97. The standard InChI is InChI=1S/C13H18N2O/c1-9-3-5-12(6-4-9)15-10(2)11(8-14)7-13(15)16/h3-6,10-11H,7-8,14H2,1-2H3. The van der Waals surface area contributed by atoms with Gasteiger partial charge in [-0.25, -0.2) is 0 Å². The first kappa shape index (κ1) is 11.1. The van der Waals surface area contributed by atoms with Crippen LogP contribution in [-0.4, -0.2) is 18.5 Å². The van der Waals surface area contributed by atoms with Crippen molar-refractivity contribution in [3.63, 3.8) is 0 Å². The SMILES string of the molecule is Cc1ccc(N2C(=O)CC(CN)C2C)cc1. The van der Waals surface area contributed by atoms with E-state index in [1.807, 2.05) is 36.1 Å². The van der Waals surface area contributed by atoms with Gasteiger partial charge in [-0.05, 0) is 32.5 Å². The van der Waals surface area contributed by atoms with Crippen molar-refractivity contribution in [3.8, 4) is 0 Å². The minimum atomic E-state index is 0.187. The molecule has 0 aromatic heterocycles. The van der Waals surface area contributed by atoms with E-state index < -0.39 is 0 Å². The maximum absolute atomic E-state index is 11.9. The molecule has 2 unspecified atom stereocenters. The summed E-state index contributed by atoms with van der Waals surface area (Å²) in [6.45, 7) is 4.69. The Morgan fingerprint density at radius 2 is 2.00 bits per heavy atom. The molecule has 0 aliphatic carbocycles. The van der Waals surface area contributed by atoms with Crippen LogP contribution in [0.15, 0.2) is 24.3 Å². The predicted molar refractivity (Wildman–Crippen MR) is 65.3 cm³/mol. The molecule has 1 saturated heterocycles. The number of amides is 1. The Balaban J connectivity index is 2.27. The van der Waals surface area contributed by atoms with Crippen LogP contribution in [0.5, 0.6) is 0 Å². The second kappa shape index (κ2) is 4.26. The van der Waals surface area contributed by atoms with Crippen LogP contribution in [0.3, 0.4) is 0 Å². The summed E-state index contributed by atoms with van der Waals surface area (Å²) >= 11 is 0. The molecule has 1 amide bonds. The van der Waals surface area contributed by atoms with Crippen LogP contribution in [0.25, 0.3) is 0 Å². The third-order valence-electron chi connectivity index (χ3n) is 3.41. The van der Waals surface area contributed by atoms with Gasteiger partial charge in [0.05, 0.1) is 0 Å². The van der Waals surface area contributed by atoms with Gasteiger partial charge in [-0.2, -0.15) is 0 Å². The summed E-state index contributed by atoms with van der Waals surface area (Å²) in [4.78, 5) is 13.8. The molecule has 0 saturated carbocycles. The summed E-state index contributed by atoms with van der Waals surface area (Å²) in [6.07, 6.45) is 0.575. The molecule has 1 aromatic carbocycles. The number of rotatable bonds is 2. The zero-order chi connectivity index (χ0) is 11.7. The Labute approximate surface area is 96.2 Å². The van der Waals surface area contributed by atoms with Crippen LogP contribution in [0.2, 0.25) is 0 Å². The number of benzene rings is 1. The first-order valence-electron chi connectivity index (χ1n) is 5.72. The van der Waals surface area contributed by atoms with Gasteiger partial charge in [0.2, 0.25) is 5.91 Å². The van der Waals surface area contributed by atoms with Crippen molar-refractivity contribution in [1.29, 1.82) is 0 Å². The molecule has 16 heavy (non-hydrogen) atoms. The minimum absolute atomic E-state index is 0.187. The van der Waals surface area contributed by atoms with Crippen LogP contribution >= 0.6 is 0 Å². The second-order valence-corrected chi connectivity index (χ2v) is 4.54. The van der Waals surface area contributed by atoms with Gasteiger partial charge >= 0.3 is 0 Å². The number of carbonyl (C=O) groups excluding carboxylic acids is 1. The molecule has 1 aromatic rings. The van der Waals surface area contributed by atoms with E-state index in [0.717, 1.165) is 5.69 Å². The summed E-state index contributed by atoms with van der Waals surface area (Å²) in [5.41, 5.74) is 7.86. The largest absolute Gasteiger partial charge is 0.330 e. The number of anilines is 1. The fraction of sp³-hybridized carbons (Fsp3) is 0.462. The summed E-state index contributed by atoms with van der Waals surface area (Å²) in [5.74, 6) is 0.473. The molecule has 0 spiro atoms. The molecular weight excluding hydrogens is 200 g/mol. The highest BCUT2D eigenvalue weighted by molar-refractivity contribution is 5.96. The number of hydrogen-bond donors (Lipinski definition) is 1. The molecule has 86 valence electrons. The monoisotopic (exact) mass is 218 g/mol. The summed E-state index contributed by atoms with van der Waals surface area (Å²) in [7, 11) is 0. The van der Waals surface area contributed by atoms with E-state index >= 15 is 0 Å². The van der Waals surface area contributed by atoms with E-state index in [2.05, 4.69) is 6.92 Å². The summed E-state index contributed by atoms with van der Waals surface area (Å²) in [5, 5.41) is 0. The van der Waals surface area contributed by atoms with Crippen molar-refractivity contribution < 1.29 is 4.79 Å². The van der Waals surface area contributed by atoms with E-state index in [4.69, 9.17) is 5.73 Å². The number of carbonyl (C=O) groups is 1. The molecule has 0 bridgehead atoms. The topological polar surface area (TPSA) is 46.3 Å². The lowest BCUT2D eigenvalue weighted by molar-refractivity contribution is -0.117. The van der Waals surface area contributed by atoms with Gasteiger partial charge in [-0.1, -0.05) is 17.7 Å². The fourth-order valence-corrected chi connectivity index (χ4v) is 2.30. The van der Waals surface area contributed by atoms with E-state index in [1.54, 1.807) is 0 Å². The van der Waals surface area contributed by atoms with Crippen molar-refractivity contribution in [2.45, 2.75) is 26.3 Å². The first-order chi connectivity index (χ1) is 7.63. The lowest BCUT2D eigenvalue weighted by Crippen LogP contribution is -2.34. The van der Waals surface area contributed by atoms with Gasteiger partial charge in [0.15, 0.2) is 0 Å². The van der Waals surface area contributed by atoms with Crippen molar-refractivity contribution in [3.05, 3.63) is 29.8 Å². The Hall–Kier alpha value is -1.35. The van der Waals surface area contributed by atoms with Gasteiger partial charge in [0.25, 0.3) is 0 Å². The molecular formula is C13H18N2O. The van der Waals surface area contributed by atoms with Crippen molar-refractivity contribution in [2.75, 3.05) is 11.4 Å². The van der Waals surface area contributed by atoms with Crippen molar-refractivity contribution >= 4 is 11.6 Å². The number of hydrogen-bond acceptors (Lipinski definition) is 2. The van der Waals surface area contributed by atoms with Crippen LogP contribution in [0.1, 0.15) is 18.9 Å². The fourth-order valence-electron chi connectivity index (χ4n) is 2.30. The van der Waals surface area contributed by atoms with Crippen LogP contribution in [0, 0.1) is 12.8 Å². The third kappa shape index (κ3) is 1.83. The highest BCUT2D eigenvalue weighted by Crippen LogP contribution is 2.30. The lowest BCUT2D eigenvalue weighted by Gasteiger charge is -2.24. The second-order valence-electron chi connectivity index (χ2n) is 4.54. The van der Waals surface area contributed by atoms with Crippen molar-refractivity contribution in [2.24, 2.45) is 11.7 Å². The van der Waals surface area contributed by atoms with Crippen LogP contribution < -0.4 is 10.6 Å². The summed E-state index contributed by atoms with van der Waals surface area (Å²) in [6, 6.07) is 8.28. The quantitative estimate of drug-likeness (QED) is 0.821. The predicted octanol–water partition coefficient (Wildman–Crippen LogP) is 1.70. The van der Waals surface area contributed by atoms with Crippen LogP contribution in [0.4, 0.5) is 5.69 Å². The average Bonchev–Trinajstić information content (AvgIpc) is 2.56. The zero-order valence-corrected chi connectivity index (χ0v) is 9.81. The van der Waals surface area contributed by atoms with Gasteiger partial charge in [0, 0.05) is 24.1 Å². The van der Waals surface area contributed by atoms with E-state index in [1.165, 1.54) is 5.56 Å². The molecule has 1 aliphatic rings. The van der Waals surface area contributed by atoms with E-state index in [0.29, 0.717) is 13.0 Å². The Morgan fingerprint density at radius 3 is 2.50 bits per heavy atom. The number of nitrogens with zero attached hydrogens (tertiary/aromatic N) is 1. The maximum Gasteiger partial charge on any atom is 0.227 e. The lowest BCUT2D eigenvalue weighted by atomic mass is 10.0. The van der Waals surface area contributed by atoms with Crippen molar-refractivity contribution in [1.82, 2.24) is 0 Å². The molecule has 2 N–H and O–H groups in total. The molecule has 1 heterocycles. The van der Waals surface area contributed by atoms with Crippen LogP contribution in [-0.2, 0) is 4.79 Å². The average molecular weight is 218 g/mol. The Bertz CT molecular complexity index is 385. The number of nitrogens with two attached hydrogens (primary N) is 1. The third-order valence-corrected chi connectivity index (χ3v) is 3.41. The van der Waals surface area contributed by atoms with Gasteiger partial charge < -0.3 is 10.6 Å². The van der Waals surface area contributed by atoms with Gasteiger partial charge in [-0.3, -0.25) is 4.79 Å². The summed E-state index contributed by atoms with van der Waals surface area (Å²) < 4.78 is 0. The molecule has 1 aliphatic heterocycles. The zero-order valence-electron chi connectivity index (χ0n) is 9.81. The number of aryl methyl sites for hydroxylation is 1. The molecule has 3 nitrogen and oxygen atoms in total. The van der Waals surface area contributed by atoms with E-state index in [-0.39, 0.29) is 17.9 Å². The molecule has 1 fully saturated rings. The normalized spacial score (nSPS) is 25.2. The van der Waals surface area contributed by atoms with E-state index in [9.17, 15) is 4.79 Å². The van der Waals surface area contributed by atoms with Gasteiger partial charge in [-0.15, -0.1) is 0 Å². The molecule has 2 atom stereocenters. The smallest absolute Gasteiger partial charge is 0.227 e. The Morgan fingerprint density at radius 1 is 1.38 bits per heavy atom.